The first-order valence-electron chi connectivity index (χ1n) is 13.1. The normalized spacial score (nSPS) is 18.2. The molecule has 3 aromatic rings. The molecule has 0 saturated carbocycles. The number of aromatic nitrogens is 2. The number of likely N-dealkylation sites (N-methyl/N-ethyl adjacent to an activating group) is 1. The van der Waals surface area contributed by atoms with Crippen molar-refractivity contribution >= 4 is 17.5 Å². The van der Waals surface area contributed by atoms with Gasteiger partial charge in [-0.25, -0.2) is 4.98 Å². The highest BCUT2D eigenvalue weighted by molar-refractivity contribution is 6.06. The third-order valence-corrected chi connectivity index (χ3v) is 6.96. The molecule has 0 radical (unpaired) electrons. The molecule has 41 heavy (non-hydrogen) atoms. The number of ether oxygens (including phenoxy) is 1. The Kier molecular flexibility index (Phi) is 9.24. The summed E-state index contributed by atoms with van der Waals surface area (Å²) in [7, 11) is 1.83. The first-order valence-corrected chi connectivity index (χ1v) is 13.1. The predicted octanol–water partition coefficient (Wildman–Crippen LogP) is 4.10. The Bertz CT molecular complexity index is 1350. The smallest absolute Gasteiger partial charge is 0.416 e. The van der Waals surface area contributed by atoms with Gasteiger partial charge in [-0.05, 0) is 43.8 Å². The molecule has 1 aliphatic rings. The van der Waals surface area contributed by atoms with E-state index < -0.39 is 29.8 Å². The van der Waals surface area contributed by atoms with E-state index >= 15 is 0 Å². The quantitative estimate of drug-likeness (QED) is 0.419. The third kappa shape index (κ3) is 7.19. The van der Waals surface area contributed by atoms with E-state index in [1.54, 1.807) is 30.0 Å². The lowest BCUT2D eigenvalue weighted by Gasteiger charge is -2.38. The van der Waals surface area contributed by atoms with E-state index in [9.17, 15) is 27.9 Å². The van der Waals surface area contributed by atoms with Crippen LogP contribution in [0.4, 0.5) is 18.9 Å². The van der Waals surface area contributed by atoms with Crippen molar-refractivity contribution in [3.8, 4) is 5.75 Å². The van der Waals surface area contributed by atoms with Gasteiger partial charge in [0.2, 0.25) is 0 Å². The summed E-state index contributed by atoms with van der Waals surface area (Å²) in [4.78, 5) is 38.0. The Morgan fingerprint density at radius 2 is 1.95 bits per heavy atom. The van der Waals surface area contributed by atoms with E-state index in [0.29, 0.717) is 25.2 Å². The Morgan fingerprint density at radius 1 is 1.22 bits per heavy atom. The molecule has 9 nitrogen and oxygen atoms in total. The molecule has 4 rings (SSSR count). The number of halogens is 3. The highest BCUT2D eigenvalue weighted by Crippen LogP contribution is 2.35. The zero-order valence-corrected chi connectivity index (χ0v) is 22.9. The van der Waals surface area contributed by atoms with Crippen molar-refractivity contribution in [2.75, 3.05) is 32.1 Å². The molecule has 0 fully saturated rings. The van der Waals surface area contributed by atoms with E-state index in [2.05, 4.69) is 15.3 Å². The highest BCUT2D eigenvalue weighted by atomic mass is 19.4. The summed E-state index contributed by atoms with van der Waals surface area (Å²) in [6, 6.07) is 9.38. The van der Waals surface area contributed by atoms with Crippen LogP contribution in [0, 0.1) is 5.92 Å². The van der Waals surface area contributed by atoms with Crippen molar-refractivity contribution in [2.45, 2.75) is 38.7 Å². The molecule has 2 aromatic carbocycles. The summed E-state index contributed by atoms with van der Waals surface area (Å²) >= 11 is 0. The number of rotatable bonds is 8. The second-order valence-corrected chi connectivity index (χ2v) is 10.2. The Hall–Kier alpha value is -4.03. The van der Waals surface area contributed by atoms with Crippen molar-refractivity contribution in [3.63, 3.8) is 0 Å². The topological polar surface area (TPSA) is 108 Å². The first kappa shape index (κ1) is 29.9. The molecule has 0 bridgehead atoms. The van der Waals surface area contributed by atoms with E-state index in [1.165, 1.54) is 30.7 Å². The summed E-state index contributed by atoms with van der Waals surface area (Å²) < 4.78 is 45.4. The molecule has 218 valence electrons. The van der Waals surface area contributed by atoms with Crippen molar-refractivity contribution in [1.29, 1.82) is 0 Å². The van der Waals surface area contributed by atoms with E-state index in [0.717, 1.165) is 12.1 Å². The number of amides is 2. The summed E-state index contributed by atoms with van der Waals surface area (Å²) in [5.74, 6) is -0.904. The molecule has 0 aliphatic carbocycles. The van der Waals surface area contributed by atoms with Gasteiger partial charge in [0, 0.05) is 37.9 Å². The van der Waals surface area contributed by atoms with Gasteiger partial charge >= 0.3 is 6.18 Å². The number of aliphatic hydroxyl groups is 1. The number of aliphatic hydroxyl groups excluding tert-OH is 1. The van der Waals surface area contributed by atoms with Crippen LogP contribution in [-0.2, 0) is 12.7 Å². The van der Waals surface area contributed by atoms with E-state index in [1.807, 2.05) is 18.9 Å². The van der Waals surface area contributed by atoms with Crippen LogP contribution >= 0.6 is 0 Å². The summed E-state index contributed by atoms with van der Waals surface area (Å²) in [5.41, 5.74) is 0.564. The number of anilines is 1. The Balaban J connectivity index is 1.63. The van der Waals surface area contributed by atoms with Gasteiger partial charge in [-0.3, -0.25) is 19.5 Å². The minimum absolute atomic E-state index is 0.0824. The minimum atomic E-state index is -4.41. The molecule has 3 atom stereocenters. The molecule has 1 aromatic heterocycles. The number of nitrogens with zero attached hydrogens (tertiary/aromatic N) is 4. The molecule has 2 N–H and O–H groups in total. The molecular weight excluding hydrogens is 539 g/mol. The van der Waals surface area contributed by atoms with Crippen LogP contribution in [0.2, 0.25) is 0 Å². The SMILES string of the molecule is C[C@@H]1CN([C@@H](C)CO)C(=O)c2cccc(NC(=O)c3cnccn3)c2O[C@@H]1CN(C)Cc1ccc(C(F)(F)F)cc1. The molecule has 12 heteroatoms. The number of hydrogen-bond acceptors (Lipinski definition) is 7. The van der Waals surface area contributed by atoms with Crippen LogP contribution < -0.4 is 10.1 Å². The third-order valence-electron chi connectivity index (χ3n) is 6.96. The van der Waals surface area contributed by atoms with Crippen LogP contribution in [0.5, 0.6) is 5.75 Å². The Labute approximate surface area is 236 Å². The number of para-hydroxylation sites is 1. The average Bonchev–Trinajstić information content (AvgIpc) is 2.95. The van der Waals surface area contributed by atoms with E-state index in [-0.39, 0.29) is 41.1 Å². The lowest BCUT2D eigenvalue weighted by molar-refractivity contribution is -0.137. The molecule has 0 spiro atoms. The van der Waals surface area contributed by atoms with Crippen LogP contribution in [0.25, 0.3) is 0 Å². The van der Waals surface area contributed by atoms with Gasteiger partial charge in [0.15, 0.2) is 5.75 Å². The zero-order chi connectivity index (χ0) is 29.7. The van der Waals surface area contributed by atoms with Crippen molar-refractivity contribution < 1.29 is 32.6 Å². The fourth-order valence-electron chi connectivity index (χ4n) is 4.64. The number of nitrogens with one attached hydrogen (secondary N) is 1. The number of carbonyl (C=O) groups excluding carboxylic acids is 2. The average molecular weight is 572 g/mol. The Morgan fingerprint density at radius 3 is 2.59 bits per heavy atom. The van der Waals surface area contributed by atoms with Crippen LogP contribution in [-0.4, -0.2) is 75.6 Å². The van der Waals surface area contributed by atoms with Gasteiger partial charge in [0.1, 0.15) is 11.8 Å². The molecule has 1 aliphatic heterocycles. The second kappa shape index (κ2) is 12.6. The van der Waals surface area contributed by atoms with Crippen LogP contribution in [0.3, 0.4) is 0 Å². The van der Waals surface area contributed by atoms with Gasteiger partial charge < -0.3 is 20.1 Å². The lowest BCUT2D eigenvalue weighted by atomic mass is 9.98. The maximum atomic E-state index is 13.6. The molecular formula is C29H32F3N5O4. The van der Waals surface area contributed by atoms with Crippen molar-refractivity contribution in [1.82, 2.24) is 19.8 Å². The number of alkyl halides is 3. The molecule has 0 unspecified atom stereocenters. The van der Waals surface area contributed by atoms with Gasteiger partial charge in [-0.1, -0.05) is 25.1 Å². The van der Waals surface area contributed by atoms with Crippen LogP contribution in [0.15, 0.2) is 61.1 Å². The standard InChI is InChI=1S/C29H32F3N5O4/c1-18-14-37(19(2)17-38)28(40)22-5-4-6-23(35-27(39)24-13-33-11-12-34-24)26(22)41-25(18)16-36(3)15-20-7-9-21(10-8-20)29(30,31)32/h4-13,18-19,25,38H,14-17H2,1-3H3,(H,35,39)/t18-,19+,25-/m1/s1. The summed E-state index contributed by atoms with van der Waals surface area (Å²) in [6.45, 7) is 4.46. The number of benzene rings is 2. The predicted molar refractivity (Wildman–Crippen MR) is 145 cm³/mol. The molecule has 0 saturated heterocycles. The first-order chi connectivity index (χ1) is 19.5. The number of hydrogen-bond donors (Lipinski definition) is 2. The maximum absolute atomic E-state index is 13.6. The van der Waals surface area contributed by atoms with Crippen LogP contribution in [0.1, 0.15) is 45.8 Å². The monoisotopic (exact) mass is 571 g/mol. The fourth-order valence-corrected chi connectivity index (χ4v) is 4.64. The maximum Gasteiger partial charge on any atom is 0.416 e. The van der Waals surface area contributed by atoms with Gasteiger partial charge in [-0.15, -0.1) is 0 Å². The lowest BCUT2D eigenvalue weighted by Crippen LogP contribution is -2.49. The number of fused-ring (bicyclic) bond motifs is 1. The van der Waals surface area contributed by atoms with Crippen molar-refractivity contribution in [3.05, 3.63) is 83.4 Å². The van der Waals surface area contributed by atoms with Gasteiger partial charge in [0.25, 0.3) is 11.8 Å². The molecule has 2 amide bonds. The summed E-state index contributed by atoms with van der Waals surface area (Å²) in [5, 5.41) is 12.6. The minimum Gasteiger partial charge on any atom is -0.486 e. The zero-order valence-electron chi connectivity index (χ0n) is 22.9. The van der Waals surface area contributed by atoms with Gasteiger partial charge in [0.05, 0.1) is 35.7 Å². The summed E-state index contributed by atoms with van der Waals surface area (Å²) in [6.07, 6.45) is -0.734. The fraction of sp³-hybridized carbons (Fsp3) is 0.379. The number of carbonyl (C=O) groups is 2. The van der Waals surface area contributed by atoms with Crippen molar-refractivity contribution in [2.24, 2.45) is 5.92 Å². The molecule has 2 heterocycles. The van der Waals surface area contributed by atoms with E-state index in [4.69, 9.17) is 4.74 Å². The van der Waals surface area contributed by atoms with Gasteiger partial charge in [-0.2, -0.15) is 13.2 Å². The highest BCUT2D eigenvalue weighted by Gasteiger charge is 2.35. The second-order valence-electron chi connectivity index (χ2n) is 10.2. The largest absolute Gasteiger partial charge is 0.486 e.